The lowest BCUT2D eigenvalue weighted by Gasteiger charge is -2.08. The van der Waals surface area contributed by atoms with Gasteiger partial charge in [0.25, 0.3) is 5.56 Å². The van der Waals surface area contributed by atoms with Crippen LogP contribution in [0.15, 0.2) is 17.2 Å². The number of hydrogen-bond acceptors (Lipinski definition) is 6. The van der Waals surface area contributed by atoms with E-state index in [1.54, 1.807) is 0 Å². The van der Waals surface area contributed by atoms with E-state index in [1.807, 2.05) is 33.8 Å². The zero-order valence-electron chi connectivity index (χ0n) is 17.7. The number of esters is 1. The summed E-state index contributed by atoms with van der Waals surface area (Å²) in [5, 5.41) is 0.606. The van der Waals surface area contributed by atoms with Crippen LogP contribution in [0.25, 0.3) is 10.2 Å². The van der Waals surface area contributed by atoms with E-state index >= 15 is 0 Å². The number of carbonyl (C=O) groups excluding carboxylic acids is 2. The van der Waals surface area contributed by atoms with E-state index in [0.29, 0.717) is 21.8 Å². The second kappa shape index (κ2) is 7.83. The molecular weight excluding hydrogens is 402 g/mol. The van der Waals surface area contributed by atoms with Crippen LogP contribution in [0, 0.1) is 27.7 Å². The Hall–Kier alpha value is -2.74. The standard InChI is InChI=1S/C22H25N3O4S/c1-12-9-17(14(3)25(12)16-5-6-16)18(26)10-29-19(27)7-8-24-11-23-21-20(22(24)28)13(2)15(4)30-21/h9,11,16H,5-8,10H2,1-4H3. The summed E-state index contributed by atoms with van der Waals surface area (Å²) in [6.07, 6.45) is 3.75. The first-order valence-electron chi connectivity index (χ1n) is 10.1. The molecule has 0 aliphatic heterocycles. The first-order valence-corrected chi connectivity index (χ1v) is 10.9. The summed E-state index contributed by atoms with van der Waals surface area (Å²) in [7, 11) is 0. The first kappa shape index (κ1) is 20.5. The fourth-order valence-electron chi connectivity index (χ4n) is 3.89. The average Bonchev–Trinajstić information content (AvgIpc) is 3.43. The maximum absolute atomic E-state index is 12.7. The lowest BCUT2D eigenvalue weighted by atomic mass is 10.1. The molecular formula is C22H25N3O4S. The van der Waals surface area contributed by atoms with Crippen molar-refractivity contribution in [2.24, 2.45) is 0 Å². The van der Waals surface area contributed by atoms with Crippen LogP contribution >= 0.6 is 11.3 Å². The molecule has 0 unspecified atom stereocenters. The number of hydrogen-bond donors (Lipinski definition) is 0. The highest BCUT2D eigenvalue weighted by atomic mass is 32.1. The van der Waals surface area contributed by atoms with Gasteiger partial charge in [-0.2, -0.15) is 0 Å². The Morgan fingerprint density at radius 2 is 1.97 bits per heavy atom. The second-order valence-corrected chi connectivity index (χ2v) is 9.13. The summed E-state index contributed by atoms with van der Waals surface area (Å²) in [6, 6.07) is 2.36. The van der Waals surface area contributed by atoms with E-state index in [-0.39, 0.29) is 30.9 Å². The molecule has 1 saturated carbocycles. The Labute approximate surface area is 178 Å². The van der Waals surface area contributed by atoms with Crippen molar-refractivity contribution in [1.82, 2.24) is 14.1 Å². The van der Waals surface area contributed by atoms with Crippen LogP contribution < -0.4 is 5.56 Å². The van der Waals surface area contributed by atoms with E-state index < -0.39 is 5.97 Å². The van der Waals surface area contributed by atoms with Crippen LogP contribution in [-0.2, 0) is 16.1 Å². The average molecular weight is 428 g/mol. The SMILES string of the molecule is Cc1sc2ncn(CCC(=O)OCC(=O)c3cc(C)n(C4CC4)c3C)c(=O)c2c1C. The Balaban J connectivity index is 1.37. The molecule has 1 aliphatic rings. The lowest BCUT2D eigenvalue weighted by Crippen LogP contribution is -2.23. The third-order valence-corrected chi connectivity index (χ3v) is 6.89. The molecule has 0 spiro atoms. The van der Waals surface area contributed by atoms with Crippen molar-refractivity contribution in [2.45, 2.75) is 59.5 Å². The van der Waals surface area contributed by atoms with Crippen LogP contribution in [0.2, 0.25) is 0 Å². The molecule has 0 amide bonds. The van der Waals surface area contributed by atoms with Crippen molar-refractivity contribution >= 4 is 33.3 Å². The fraction of sp³-hybridized carbons (Fsp3) is 0.455. The largest absolute Gasteiger partial charge is 0.457 e. The maximum atomic E-state index is 12.7. The van der Waals surface area contributed by atoms with Crippen LogP contribution in [-0.4, -0.2) is 32.5 Å². The van der Waals surface area contributed by atoms with Gasteiger partial charge in [-0.15, -0.1) is 11.3 Å². The topological polar surface area (TPSA) is 83.2 Å². The number of thiophene rings is 1. The number of fused-ring (bicyclic) bond motifs is 1. The van der Waals surface area contributed by atoms with Crippen molar-refractivity contribution in [2.75, 3.05) is 6.61 Å². The lowest BCUT2D eigenvalue weighted by molar-refractivity contribution is -0.142. The summed E-state index contributed by atoms with van der Waals surface area (Å²) in [6.45, 7) is 7.67. The molecule has 0 N–H and O–H groups in total. The van der Waals surface area contributed by atoms with Gasteiger partial charge in [0.1, 0.15) is 4.83 Å². The van der Waals surface area contributed by atoms with Gasteiger partial charge in [0, 0.05) is 34.4 Å². The quantitative estimate of drug-likeness (QED) is 0.425. The Bertz CT molecular complexity index is 1210. The number of aryl methyl sites for hydroxylation is 4. The molecule has 0 atom stereocenters. The minimum Gasteiger partial charge on any atom is -0.457 e. The number of ether oxygens (including phenoxy) is 1. The van der Waals surface area contributed by atoms with Gasteiger partial charge in [0.15, 0.2) is 6.61 Å². The van der Waals surface area contributed by atoms with Crippen molar-refractivity contribution < 1.29 is 14.3 Å². The van der Waals surface area contributed by atoms with Crippen molar-refractivity contribution in [3.05, 3.63) is 50.1 Å². The second-order valence-electron chi connectivity index (χ2n) is 7.93. The Kier molecular flexibility index (Phi) is 5.36. The Morgan fingerprint density at radius 3 is 2.67 bits per heavy atom. The summed E-state index contributed by atoms with van der Waals surface area (Å²) in [4.78, 5) is 43.5. The van der Waals surface area contributed by atoms with E-state index in [9.17, 15) is 14.4 Å². The number of Topliss-reactive ketones (excluding diaryl/α,β-unsaturated/α-hetero) is 1. The number of rotatable bonds is 7. The van der Waals surface area contributed by atoms with Crippen LogP contribution in [0.1, 0.15) is 57.5 Å². The van der Waals surface area contributed by atoms with Gasteiger partial charge in [-0.25, -0.2) is 4.98 Å². The molecule has 0 saturated heterocycles. The predicted octanol–water partition coefficient (Wildman–Crippen LogP) is 3.64. The van der Waals surface area contributed by atoms with Gasteiger partial charge < -0.3 is 9.30 Å². The predicted molar refractivity (Wildman–Crippen MR) is 115 cm³/mol. The normalized spacial score (nSPS) is 13.7. The number of carbonyl (C=O) groups is 2. The van der Waals surface area contributed by atoms with Crippen LogP contribution in [0.3, 0.4) is 0 Å². The molecule has 0 bridgehead atoms. The number of nitrogens with zero attached hydrogens (tertiary/aromatic N) is 3. The zero-order valence-corrected chi connectivity index (χ0v) is 18.5. The molecule has 7 nitrogen and oxygen atoms in total. The third kappa shape index (κ3) is 3.71. The highest BCUT2D eigenvalue weighted by molar-refractivity contribution is 7.18. The fourth-order valence-corrected chi connectivity index (χ4v) is 4.88. The molecule has 30 heavy (non-hydrogen) atoms. The van der Waals surface area contributed by atoms with Crippen molar-refractivity contribution in [3.63, 3.8) is 0 Å². The van der Waals surface area contributed by atoms with E-state index in [2.05, 4.69) is 9.55 Å². The summed E-state index contributed by atoms with van der Waals surface area (Å²) in [5.74, 6) is -0.711. The smallest absolute Gasteiger partial charge is 0.308 e. The molecule has 0 radical (unpaired) electrons. The van der Waals surface area contributed by atoms with Gasteiger partial charge in [0.2, 0.25) is 5.78 Å². The van der Waals surface area contributed by atoms with Crippen molar-refractivity contribution in [1.29, 1.82) is 0 Å². The minimum atomic E-state index is -0.510. The maximum Gasteiger partial charge on any atom is 0.308 e. The molecule has 3 aromatic heterocycles. The molecule has 8 heteroatoms. The number of ketones is 1. The number of aromatic nitrogens is 3. The highest BCUT2D eigenvalue weighted by Crippen LogP contribution is 2.38. The van der Waals surface area contributed by atoms with Gasteiger partial charge >= 0.3 is 5.97 Å². The molecule has 158 valence electrons. The van der Waals surface area contributed by atoms with E-state index in [1.165, 1.54) is 22.2 Å². The molecule has 3 heterocycles. The van der Waals surface area contributed by atoms with Gasteiger partial charge in [-0.3, -0.25) is 19.0 Å². The van der Waals surface area contributed by atoms with E-state index in [0.717, 1.165) is 34.7 Å². The monoisotopic (exact) mass is 427 g/mol. The Morgan fingerprint density at radius 1 is 1.23 bits per heavy atom. The first-order chi connectivity index (χ1) is 14.3. The van der Waals surface area contributed by atoms with Gasteiger partial charge in [0.05, 0.1) is 18.1 Å². The molecule has 1 fully saturated rings. The molecule has 0 aromatic carbocycles. The molecule has 1 aliphatic carbocycles. The minimum absolute atomic E-state index is 0.00361. The summed E-state index contributed by atoms with van der Waals surface area (Å²) in [5.41, 5.74) is 3.38. The zero-order chi connectivity index (χ0) is 21.6. The summed E-state index contributed by atoms with van der Waals surface area (Å²) >= 11 is 1.49. The summed E-state index contributed by atoms with van der Waals surface area (Å²) < 4.78 is 8.80. The van der Waals surface area contributed by atoms with Crippen molar-refractivity contribution in [3.8, 4) is 0 Å². The highest BCUT2D eigenvalue weighted by Gasteiger charge is 2.28. The van der Waals surface area contributed by atoms with Crippen LogP contribution in [0.5, 0.6) is 0 Å². The van der Waals surface area contributed by atoms with Crippen LogP contribution in [0.4, 0.5) is 0 Å². The van der Waals surface area contributed by atoms with E-state index in [4.69, 9.17) is 4.74 Å². The molecule has 3 aromatic rings. The molecule has 4 rings (SSSR count). The third-order valence-electron chi connectivity index (χ3n) is 5.77. The van der Waals surface area contributed by atoms with Gasteiger partial charge in [-0.05, 0) is 52.2 Å². The van der Waals surface area contributed by atoms with Gasteiger partial charge in [-0.1, -0.05) is 0 Å².